The Labute approximate surface area is 163 Å². The molecule has 7 nitrogen and oxygen atoms in total. The van der Waals surface area contributed by atoms with Gasteiger partial charge in [0.2, 0.25) is 0 Å². The van der Waals surface area contributed by atoms with Crippen LogP contribution in [0.2, 0.25) is 0 Å². The maximum atomic E-state index is 13.4. The number of amides is 1. The molecular weight excluding hydrogens is 381 g/mol. The fourth-order valence-electron chi connectivity index (χ4n) is 2.52. The number of carbonyl (C=O) groups is 2. The lowest BCUT2D eigenvalue weighted by molar-refractivity contribution is -0.299. The SMILES string of the molecule is CCOP(=O)(OCC)/C(=C(/NC(=O)c1ccccc1)C(=O)[O-])c1ccccc1. The number of nitrogens with one attached hydrogen (secondary N) is 1. The summed E-state index contributed by atoms with van der Waals surface area (Å²) in [6.45, 7) is 3.24. The lowest BCUT2D eigenvalue weighted by Crippen LogP contribution is -2.36. The number of hydrogen-bond donors (Lipinski definition) is 1. The average molecular weight is 402 g/mol. The number of aliphatic carboxylic acids is 1. The summed E-state index contributed by atoms with van der Waals surface area (Å²) < 4.78 is 24.1. The molecule has 0 aliphatic rings. The van der Waals surface area contributed by atoms with Gasteiger partial charge in [-0.25, -0.2) is 0 Å². The molecule has 0 radical (unpaired) electrons. The maximum Gasteiger partial charge on any atom is 0.364 e. The Bertz CT molecular complexity index is 885. The Morgan fingerprint density at radius 1 is 0.893 bits per heavy atom. The summed E-state index contributed by atoms with van der Waals surface area (Å²) in [7, 11) is -4.07. The van der Waals surface area contributed by atoms with Crippen molar-refractivity contribution in [3.8, 4) is 0 Å². The van der Waals surface area contributed by atoms with Gasteiger partial charge in [0.25, 0.3) is 5.91 Å². The molecule has 0 atom stereocenters. The van der Waals surface area contributed by atoms with E-state index in [0.717, 1.165) is 0 Å². The summed E-state index contributed by atoms with van der Waals surface area (Å²) in [5.74, 6) is -2.39. The first-order valence-electron chi connectivity index (χ1n) is 8.70. The molecule has 0 saturated heterocycles. The first-order valence-corrected chi connectivity index (χ1v) is 10.2. The Balaban J connectivity index is 2.66. The molecule has 8 heteroatoms. The smallest absolute Gasteiger partial charge is 0.364 e. The normalized spacial score (nSPS) is 12.2. The summed E-state index contributed by atoms with van der Waals surface area (Å²) in [5.41, 5.74) is -0.151. The van der Waals surface area contributed by atoms with Crippen LogP contribution in [0.4, 0.5) is 0 Å². The van der Waals surface area contributed by atoms with Crippen LogP contribution in [0.25, 0.3) is 5.31 Å². The zero-order valence-corrected chi connectivity index (χ0v) is 16.5. The Hall–Kier alpha value is -2.73. The van der Waals surface area contributed by atoms with Gasteiger partial charge in [-0.05, 0) is 31.5 Å². The molecule has 0 saturated carbocycles. The van der Waals surface area contributed by atoms with Crippen molar-refractivity contribution in [2.45, 2.75) is 13.8 Å². The van der Waals surface area contributed by atoms with Crippen LogP contribution in [-0.4, -0.2) is 25.1 Å². The van der Waals surface area contributed by atoms with Gasteiger partial charge in [0.05, 0.1) is 30.2 Å². The van der Waals surface area contributed by atoms with E-state index in [9.17, 15) is 19.3 Å². The zero-order valence-electron chi connectivity index (χ0n) is 15.6. The molecule has 2 aromatic rings. The fraction of sp³-hybridized carbons (Fsp3) is 0.200. The first kappa shape index (κ1) is 21.6. The van der Waals surface area contributed by atoms with Crippen molar-refractivity contribution in [3.05, 3.63) is 77.5 Å². The molecule has 0 aliphatic heterocycles. The van der Waals surface area contributed by atoms with Gasteiger partial charge in [-0.2, -0.15) is 0 Å². The third-order valence-electron chi connectivity index (χ3n) is 3.63. The van der Waals surface area contributed by atoms with Gasteiger partial charge < -0.3 is 24.3 Å². The van der Waals surface area contributed by atoms with Gasteiger partial charge in [0.15, 0.2) is 0 Å². The van der Waals surface area contributed by atoms with E-state index in [0.29, 0.717) is 0 Å². The van der Waals surface area contributed by atoms with Gasteiger partial charge in [-0.1, -0.05) is 48.5 Å². The fourth-order valence-corrected chi connectivity index (χ4v) is 4.42. The minimum absolute atomic E-state index is 0.0145. The molecular formula is C20H21NO6P-. The highest BCUT2D eigenvalue weighted by Gasteiger charge is 2.35. The second kappa shape index (κ2) is 9.99. The average Bonchev–Trinajstić information content (AvgIpc) is 2.69. The summed E-state index contributed by atoms with van der Waals surface area (Å²) in [6, 6.07) is 16.2. The largest absolute Gasteiger partial charge is 0.543 e. The quantitative estimate of drug-likeness (QED) is 0.511. The van der Waals surface area contributed by atoms with Gasteiger partial charge >= 0.3 is 7.60 Å². The molecule has 0 unspecified atom stereocenters. The molecule has 148 valence electrons. The number of benzene rings is 2. The number of carboxylic acids is 1. The molecule has 2 aromatic carbocycles. The number of hydrogen-bond acceptors (Lipinski definition) is 6. The van der Waals surface area contributed by atoms with Crippen molar-refractivity contribution in [1.29, 1.82) is 0 Å². The van der Waals surface area contributed by atoms with Crippen LogP contribution in [0, 0.1) is 0 Å². The Morgan fingerprint density at radius 2 is 1.36 bits per heavy atom. The highest BCUT2D eigenvalue weighted by Crippen LogP contribution is 2.61. The Kier molecular flexibility index (Phi) is 7.70. The van der Waals surface area contributed by atoms with Crippen molar-refractivity contribution in [3.63, 3.8) is 0 Å². The van der Waals surface area contributed by atoms with Gasteiger partial charge in [-0.15, -0.1) is 0 Å². The third-order valence-corrected chi connectivity index (χ3v) is 5.86. The molecule has 0 heterocycles. The topological polar surface area (TPSA) is 105 Å². The van der Waals surface area contributed by atoms with Crippen LogP contribution >= 0.6 is 7.60 Å². The van der Waals surface area contributed by atoms with E-state index in [1.54, 1.807) is 62.4 Å². The Morgan fingerprint density at radius 3 is 1.79 bits per heavy atom. The molecule has 28 heavy (non-hydrogen) atoms. The molecule has 0 bridgehead atoms. The van der Waals surface area contributed by atoms with E-state index >= 15 is 0 Å². The van der Waals surface area contributed by atoms with Crippen LogP contribution in [0.3, 0.4) is 0 Å². The lowest BCUT2D eigenvalue weighted by atomic mass is 10.1. The standard InChI is InChI=1S/C20H22NO6P/c1-3-26-28(25,27-4-2)18(15-11-7-5-8-12-15)17(20(23)24)21-19(22)16-13-9-6-10-14-16/h5-14H,3-4H2,1-2H3,(H,21,22)(H,23,24)/p-1/b18-17+. The van der Waals surface area contributed by atoms with E-state index in [1.165, 1.54) is 12.1 Å². The van der Waals surface area contributed by atoms with E-state index in [1.807, 2.05) is 0 Å². The molecule has 0 fully saturated rings. The number of carboxylic acid groups (broad SMARTS) is 1. The van der Waals surface area contributed by atoms with Gasteiger partial charge in [-0.3, -0.25) is 9.36 Å². The number of rotatable bonds is 9. The molecule has 1 amide bonds. The molecule has 1 N–H and O–H groups in total. The monoisotopic (exact) mass is 402 g/mol. The molecule has 2 rings (SSSR count). The summed E-state index contributed by atoms with van der Waals surface area (Å²) >= 11 is 0. The zero-order chi connectivity index (χ0) is 20.6. The summed E-state index contributed by atoms with van der Waals surface area (Å²) in [4.78, 5) is 24.5. The van der Waals surface area contributed by atoms with Gasteiger partial charge in [0.1, 0.15) is 0 Å². The lowest BCUT2D eigenvalue weighted by Gasteiger charge is -2.24. The molecule has 0 aromatic heterocycles. The van der Waals surface area contributed by atoms with Crippen molar-refractivity contribution in [2.24, 2.45) is 0 Å². The van der Waals surface area contributed by atoms with Gasteiger partial charge in [0, 0.05) is 5.56 Å². The highest BCUT2D eigenvalue weighted by molar-refractivity contribution is 7.65. The van der Waals surface area contributed by atoms with Crippen LogP contribution in [0.15, 0.2) is 66.4 Å². The maximum absolute atomic E-state index is 13.4. The van der Waals surface area contributed by atoms with E-state index in [4.69, 9.17) is 9.05 Å². The number of carbonyl (C=O) groups excluding carboxylic acids is 2. The van der Waals surface area contributed by atoms with Crippen LogP contribution in [0.5, 0.6) is 0 Å². The van der Waals surface area contributed by atoms with E-state index in [-0.39, 0.29) is 29.7 Å². The highest BCUT2D eigenvalue weighted by atomic mass is 31.2. The van der Waals surface area contributed by atoms with Crippen molar-refractivity contribution in [2.75, 3.05) is 13.2 Å². The summed E-state index contributed by atoms with van der Waals surface area (Å²) in [5, 5.41) is 14.0. The second-order valence-corrected chi connectivity index (χ2v) is 7.49. The minimum atomic E-state index is -4.07. The predicted octanol–water partition coefficient (Wildman–Crippen LogP) is 2.80. The molecule has 0 spiro atoms. The van der Waals surface area contributed by atoms with Crippen LogP contribution < -0.4 is 10.4 Å². The first-order chi connectivity index (χ1) is 13.4. The van der Waals surface area contributed by atoms with E-state index in [2.05, 4.69) is 5.32 Å². The predicted molar refractivity (Wildman–Crippen MR) is 103 cm³/mol. The van der Waals surface area contributed by atoms with E-state index < -0.39 is 25.2 Å². The molecule has 0 aliphatic carbocycles. The summed E-state index contributed by atoms with van der Waals surface area (Å²) in [6.07, 6.45) is 0. The second-order valence-electron chi connectivity index (χ2n) is 5.53. The van der Waals surface area contributed by atoms with Crippen molar-refractivity contribution < 1.29 is 28.3 Å². The van der Waals surface area contributed by atoms with Crippen LogP contribution in [-0.2, 0) is 18.4 Å². The van der Waals surface area contributed by atoms with Crippen molar-refractivity contribution in [1.82, 2.24) is 5.32 Å². The third kappa shape index (κ3) is 5.16. The van der Waals surface area contributed by atoms with Crippen LogP contribution in [0.1, 0.15) is 29.8 Å². The van der Waals surface area contributed by atoms with Crippen molar-refractivity contribution >= 4 is 24.8 Å². The minimum Gasteiger partial charge on any atom is -0.543 e.